The van der Waals surface area contributed by atoms with Crippen LogP contribution in [0.1, 0.15) is 16.1 Å². The molecule has 0 aliphatic rings. The number of anilines is 1. The van der Waals surface area contributed by atoms with Crippen LogP contribution >= 0.6 is 0 Å². The third-order valence-electron chi connectivity index (χ3n) is 2.53. The van der Waals surface area contributed by atoms with E-state index in [-0.39, 0.29) is 5.91 Å². The van der Waals surface area contributed by atoms with Gasteiger partial charge in [0.2, 0.25) is 0 Å². The van der Waals surface area contributed by atoms with E-state index in [9.17, 15) is 4.79 Å². The molecule has 4 heteroatoms. The second-order valence-electron chi connectivity index (χ2n) is 3.79. The number of aryl methyl sites for hydroxylation is 1. The van der Waals surface area contributed by atoms with E-state index in [1.807, 2.05) is 31.2 Å². The predicted molar refractivity (Wildman–Crippen MR) is 65.9 cm³/mol. The maximum absolute atomic E-state index is 12.1. The lowest BCUT2D eigenvalue weighted by molar-refractivity contribution is 0.0988. The van der Waals surface area contributed by atoms with Gasteiger partial charge in [0.25, 0.3) is 5.91 Å². The summed E-state index contributed by atoms with van der Waals surface area (Å²) in [5.74, 6) is -0.142. The van der Waals surface area contributed by atoms with Crippen LogP contribution in [0.3, 0.4) is 0 Å². The second-order valence-corrected chi connectivity index (χ2v) is 3.79. The van der Waals surface area contributed by atoms with E-state index in [0.717, 1.165) is 11.3 Å². The number of hydrogen-bond acceptors (Lipinski definition) is 3. The van der Waals surface area contributed by atoms with Crippen molar-refractivity contribution in [1.82, 2.24) is 9.97 Å². The minimum absolute atomic E-state index is 0.142. The molecule has 0 unspecified atom stereocenters. The zero-order chi connectivity index (χ0) is 12.3. The lowest BCUT2D eigenvalue weighted by Gasteiger charge is -2.16. The van der Waals surface area contributed by atoms with Crippen molar-refractivity contribution in [1.29, 1.82) is 0 Å². The van der Waals surface area contributed by atoms with Gasteiger partial charge in [0, 0.05) is 18.9 Å². The molecular formula is C13H13N3O. The van der Waals surface area contributed by atoms with Crippen molar-refractivity contribution in [2.45, 2.75) is 6.92 Å². The molecule has 0 saturated carbocycles. The fourth-order valence-corrected chi connectivity index (χ4v) is 1.47. The Bertz CT molecular complexity index is 508. The van der Waals surface area contributed by atoms with E-state index in [2.05, 4.69) is 9.97 Å². The molecule has 0 radical (unpaired) electrons. The zero-order valence-corrected chi connectivity index (χ0v) is 9.79. The summed E-state index contributed by atoms with van der Waals surface area (Å²) in [6, 6.07) is 9.37. The molecule has 0 fully saturated rings. The molecule has 0 spiro atoms. The van der Waals surface area contributed by atoms with E-state index in [1.54, 1.807) is 24.2 Å². The van der Waals surface area contributed by atoms with Gasteiger partial charge in [-0.25, -0.2) is 9.97 Å². The summed E-state index contributed by atoms with van der Waals surface area (Å²) >= 11 is 0. The molecule has 0 bridgehead atoms. The highest BCUT2D eigenvalue weighted by Gasteiger charge is 2.13. The molecule has 1 amide bonds. The third-order valence-corrected chi connectivity index (χ3v) is 2.53. The number of carbonyl (C=O) groups is 1. The smallest absolute Gasteiger partial charge is 0.276 e. The van der Waals surface area contributed by atoms with Gasteiger partial charge in [0.1, 0.15) is 12.0 Å². The Morgan fingerprint density at radius 2 is 1.88 bits per heavy atom. The number of rotatable bonds is 2. The normalized spacial score (nSPS) is 10.0. The summed E-state index contributed by atoms with van der Waals surface area (Å²) in [5, 5.41) is 0. The third kappa shape index (κ3) is 2.47. The molecule has 2 aromatic rings. The lowest BCUT2D eigenvalue weighted by atomic mass is 10.2. The average Bonchev–Trinajstić information content (AvgIpc) is 2.39. The Morgan fingerprint density at radius 1 is 1.18 bits per heavy atom. The van der Waals surface area contributed by atoms with Gasteiger partial charge in [-0.1, -0.05) is 17.7 Å². The van der Waals surface area contributed by atoms with Crippen LogP contribution in [0.4, 0.5) is 5.69 Å². The molecule has 1 heterocycles. The van der Waals surface area contributed by atoms with Crippen LogP contribution in [0.2, 0.25) is 0 Å². The standard InChI is InChI=1S/C13H13N3O/c1-10-3-5-11(6-4-10)16(2)13(17)12-7-8-14-9-15-12/h3-9H,1-2H3. The highest BCUT2D eigenvalue weighted by Crippen LogP contribution is 2.15. The van der Waals surface area contributed by atoms with Crippen molar-refractivity contribution in [3.8, 4) is 0 Å². The molecule has 0 atom stereocenters. The van der Waals surface area contributed by atoms with Crippen molar-refractivity contribution in [2.24, 2.45) is 0 Å². The maximum Gasteiger partial charge on any atom is 0.276 e. The number of hydrogen-bond donors (Lipinski definition) is 0. The minimum atomic E-state index is -0.142. The molecule has 0 saturated heterocycles. The Hall–Kier alpha value is -2.23. The van der Waals surface area contributed by atoms with Crippen LogP contribution in [0.15, 0.2) is 42.9 Å². The Morgan fingerprint density at radius 3 is 2.47 bits per heavy atom. The first-order valence-corrected chi connectivity index (χ1v) is 5.29. The zero-order valence-electron chi connectivity index (χ0n) is 9.79. The number of amides is 1. The number of carbonyl (C=O) groups excluding carboxylic acids is 1. The van der Waals surface area contributed by atoms with Crippen LogP contribution in [0.5, 0.6) is 0 Å². The van der Waals surface area contributed by atoms with E-state index in [4.69, 9.17) is 0 Å². The second kappa shape index (κ2) is 4.74. The molecule has 1 aromatic carbocycles. The summed E-state index contributed by atoms with van der Waals surface area (Å²) in [6.07, 6.45) is 2.93. The van der Waals surface area contributed by atoms with E-state index in [0.29, 0.717) is 5.69 Å². The minimum Gasteiger partial charge on any atom is -0.310 e. The van der Waals surface area contributed by atoms with E-state index < -0.39 is 0 Å². The molecular weight excluding hydrogens is 214 g/mol. The fraction of sp³-hybridized carbons (Fsp3) is 0.154. The van der Waals surface area contributed by atoms with Crippen molar-refractivity contribution < 1.29 is 4.79 Å². The van der Waals surface area contributed by atoms with Gasteiger partial charge in [0.15, 0.2) is 0 Å². The Balaban J connectivity index is 2.23. The quantitative estimate of drug-likeness (QED) is 0.789. The topological polar surface area (TPSA) is 46.1 Å². The largest absolute Gasteiger partial charge is 0.310 e. The summed E-state index contributed by atoms with van der Waals surface area (Å²) < 4.78 is 0. The monoisotopic (exact) mass is 227 g/mol. The van der Waals surface area contributed by atoms with Crippen molar-refractivity contribution in [3.63, 3.8) is 0 Å². The fourth-order valence-electron chi connectivity index (χ4n) is 1.47. The Kier molecular flexibility index (Phi) is 3.14. The number of benzene rings is 1. The summed E-state index contributed by atoms with van der Waals surface area (Å²) in [5.41, 5.74) is 2.40. The van der Waals surface area contributed by atoms with Crippen LogP contribution < -0.4 is 4.90 Å². The molecule has 4 nitrogen and oxygen atoms in total. The first-order chi connectivity index (χ1) is 8.18. The van der Waals surface area contributed by atoms with Gasteiger partial charge in [0.05, 0.1) is 0 Å². The van der Waals surface area contributed by atoms with E-state index >= 15 is 0 Å². The SMILES string of the molecule is Cc1ccc(N(C)C(=O)c2ccncn2)cc1. The molecule has 1 aromatic heterocycles. The van der Waals surface area contributed by atoms with Crippen LogP contribution in [-0.2, 0) is 0 Å². The molecule has 86 valence electrons. The van der Waals surface area contributed by atoms with Gasteiger partial charge >= 0.3 is 0 Å². The summed E-state index contributed by atoms with van der Waals surface area (Å²) in [7, 11) is 1.73. The number of nitrogens with zero attached hydrogens (tertiary/aromatic N) is 3. The molecule has 0 aliphatic carbocycles. The maximum atomic E-state index is 12.1. The highest BCUT2D eigenvalue weighted by molar-refractivity contribution is 6.04. The first kappa shape index (κ1) is 11.3. The molecule has 0 N–H and O–H groups in total. The molecule has 17 heavy (non-hydrogen) atoms. The summed E-state index contributed by atoms with van der Waals surface area (Å²) in [6.45, 7) is 2.01. The average molecular weight is 227 g/mol. The predicted octanol–water partition coefficient (Wildman–Crippen LogP) is 2.06. The van der Waals surface area contributed by atoms with Gasteiger partial charge in [-0.3, -0.25) is 4.79 Å². The van der Waals surface area contributed by atoms with Gasteiger partial charge < -0.3 is 4.90 Å². The Labute approximate surface area is 99.9 Å². The van der Waals surface area contributed by atoms with Gasteiger partial charge in [-0.15, -0.1) is 0 Å². The van der Waals surface area contributed by atoms with Crippen LogP contribution in [0.25, 0.3) is 0 Å². The van der Waals surface area contributed by atoms with Crippen molar-refractivity contribution in [3.05, 3.63) is 54.1 Å². The van der Waals surface area contributed by atoms with E-state index in [1.165, 1.54) is 6.33 Å². The van der Waals surface area contributed by atoms with Crippen molar-refractivity contribution >= 4 is 11.6 Å². The van der Waals surface area contributed by atoms with Gasteiger partial charge in [-0.2, -0.15) is 0 Å². The van der Waals surface area contributed by atoms with Crippen LogP contribution in [0, 0.1) is 6.92 Å². The highest BCUT2D eigenvalue weighted by atomic mass is 16.2. The lowest BCUT2D eigenvalue weighted by Crippen LogP contribution is -2.27. The first-order valence-electron chi connectivity index (χ1n) is 5.29. The number of aromatic nitrogens is 2. The van der Waals surface area contributed by atoms with Crippen molar-refractivity contribution in [2.75, 3.05) is 11.9 Å². The van der Waals surface area contributed by atoms with Crippen LogP contribution in [-0.4, -0.2) is 22.9 Å². The molecule has 0 aliphatic heterocycles. The summed E-state index contributed by atoms with van der Waals surface area (Å²) in [4.78, 5) is 21.4. The van der Waals surface area contributed by atoms with Gasteiger partial charge in [-0.05, 0) is 25.1 Å². The molecule has 2 rings (SSSR count).